The van der Waals surface area contributed by atoms with Crippen LogP contribution in [0.3, 0.4) is 0 Å². The molecule has 0 aliphatic rings. The molecule has 0 aliphatic carbocycles. The highest BCUT2D eigenvalue weighted by atomic mass is 35.5. The largest absolute Gasteiger partial charge is 0.236 e. The highest BCUT2D eigenvalue weighted by Gasteiger charge is 2.14. The van der Waals surface area contributed by atoms with E-state index in [1.165, 1.54) is 6.08 Å². The van der Waals surface area contributed by atoms with Crippen LogP contribution in [0.4, 0.5) is 0 Å². The molecule has 1 atom stereocenters. The Hall–Kier alpha value is -0.330. The van der Waals surface area contributed by atoms with E-state index >= 15 is 0 Å². The van der Waals surface area contributed by atoms with Crippen molar-refractivity contribution >= 4 is 17.7 Å². The van der Waals surface area contributed by atoms with Crippen molar-refractivity contribution < 1.29 is 4.79 Å². The van der Waals surface area contributed by atoms with Gasteiger partial charge in [-0.1, -0.05) is 18.5 Å². The highest BCUT2D eigenvalue weighted by molar-refractivity contribution is 6.23. The van der Waals surface area contributed by atoms with Crippen molar-refractivity contribution in [3.05, 3.63) is 0 Å². The molecule has 0 amide bonds. The molecule has 0 aromatic rings. The molecule has 0 aromatic carbocycles. The molecule has 0 fully saturated rings. The molecule has 0 aliphatic heterocycles. The number of hydrogen-bond acceptors (Lipinski definition) is 2. The lowest BCUT2D eigenvalue weighted by molar-refractivity contribution is 0.550. The summed E-state index contributed by atoms with van der Waals surface area (Å²) in [5.74, 6) is 0. The van der Waals surface area contributed by atoms with Gasteiger partial charge in [0.05, 0.1) is 0 Å². The summed E-state index contributed by atoms with van der Waals surface area (Å²) in [4.78, 5) is 12.2. The van der Waals surface area contributed by atoms with Crippen molar-refractivity contribution in [2.45, 2.75) is 25.3 Å². The van der Waals surface area contributed by atoms with Crippen LogP contribution in [-0.2, 0) is 4.79 Å². The molecule has 0 saturated carbocycles. The van der Waals surface area contributed by atoms with Gasteiger partial charge in [-0.05, 0) is 13.3 Å². The number of hydrogen-bond donors (Lipinski definition) is 0. The van der Waals surface area contributed by atoms with Crippen molar-refractivity contribution in [3.8, 4) is 0 Å². The van der Waals surface area contributed by atoms with Gasteiger partial charge in [-0.3, -0.25) is 0 Å². The van der Waals surface area contributed by atoms with Crippen molar-refractivity contribution in [1.82, 2.24) is 0 Å². The maximum absolute atomic E-state index is 9.60. The van der Waals surface area contributed by atoms with Crippen LogP contribution in [0.5, 0.6) is 0 Å². The van der Waals surface area contributed by atoms with Gasteiger partial charge < -0.3 is 0 Å². The number of halogens is 1. The van der Waals surface area contributed by atoms with Crippen LogP contribution in [0.25, 0.3) is 0 Å². The zero-order valence-electron chi connectivity index (χ0n) is 4.94. The Morgan fingerprint density at radius 3 is 2.50 bits per heavy atom. The predicted molar refractivity (Wildman–Crippen MR) is 32.7 cm³/mol. The predicted octanol–water partition coefficient (Wildman–Crippen LogP) is 1.69. The van der Waals surface area contributed by atoms with E-state index in [4.69, 9.17) is 11.6 Å². The first-order valence-corrected chi connectivity index (χ1v) is 2.78. The zero-order chi connectivity index (χ0) is 6.62. The summed E-state index contributed by atoms with van der Waals surface area (Å²) in [5.41, 5.74) is 0. The van der Waals surface area contributed by atoms with Crippen molar-refractivity contribution in [1.29, 1.82) is 0 Å². The van der Waals surface area contributed by atoms with Crippen molar-refractivity contribution in [2.24, 2.45) is 4.99 Å². The Morgan fingerprint density at radius 2 is 2.38 bits per heavy atom. The Kier molecular flexibility index (Phi) is 2.74. The second kappa shape index (κ2) is 2.85. The maximum Gasteiger partial charge on any atom is 0.236 e. The Bertz CT molecular complexity index is 116. The molecule has 0 radical (unpaired) electrons. The second-order valence-electron chi connectivity index (χ2n) is 1.70. The van der Waals surface area contributed by atoms with E-state index in [0.717, 1.165) is 0 Å². The number of alkyl halides is 1. The molecule has 46 valence electrons. The SMILES string of the molecule is CCC(C)(Cl)N=C=O. The van der Waals surface area contributed by atoms with E-state index in [9.17, 15) is 4.79 Å². The standard InChI is InChI=1S/C5H8ClNO/c1-3-5(2,6)7-4-8/h3H2,1-2H3. The molecule has 2 nitrogen and oxygen atoms in total. The Morgan fingerprint density at radius 1 is 1.88 bits per heavy atom. The van der Waals surface area contributed by atoms with Crippen LogP contribution in [0, 0.1) is 0 Å². The summed E-state index contributed by atoms with van der Waals surface area (Å²) in [6, 6.07) is 0. The van der Waals surface area contributed by atoms with Gasteiger partial charge in [-0.15, -0.1) is 0 Å². The summed E-state index contributed by atoms with van der Waals surface area (Å²) >= 11 is 5.59. The fourth-order valence-corrected chi connectivity index (χ4v) is 0.209. The number of nitrogens with zero attached hydrogens (tertiary/aromatic N) is 1. The Balaban J connectivity index is 3.90. The fraction of sp³-hybridized carbons (Fsp3) is 0.800. The third-order valence-corrected chi connectivity index (χ3v) is 1.28. The topological polar surface area (TPSA) is 29.4 Å². The molecule has 3 heteroatoms. The van der Waals surface area contributed by atoms with Gasteiger partial charge in [0.2, 0.25) is 6.08 Å². The first-order valence-electron chi connectivity index (χ1n) is 2.40. The fourth-order valence-electron chi connectivity index (χ4n) is 0.174. The molecule has 0 aromatic heterocycles. The number of aliphatic imine (C=N–C) groups is 1. The molecular formula is C5H8ClNO. The van der Waals surface area contributed by atoms with Gasteiger partial charge in [0, 0.05) is 0 Å². The van der Waals surface area contributed by atoms with Gasteiger partial charge in [-0.25, -0.2) is 4.79 Å². The normalized spacial score (nSPS) is 16.4. The molecule has 1 unspecified atom stereocenters. The van der Waals surface area contributed by atoms with E-state index in [-0.39, 0.29) is 0 Å². The highest BCUT2D eigenvalue weighted by Crippen LogP contribution is 2.18. The third kappa shape index (κ3) is 2.78. The van der Waals surface area contributed by atoms with Crippen LogP contribution in [0.2, 0.25) is 0 Å². The van der Waals surface area contributed by atoms with E-state index in [1.54, 1.807) is 6.92 Å². The average molecular weight is 134 g/mol. The minimum absolute atomic E-state index is 0.643. The molecule has 0 heterocycles. The van der Waals surface area contributed by atoms with Gasteiger partial charge >= 0.3 is 0 Å². The van der Waals surface area contributed by atoms with Gasteiger partial charge in [0.15, 0.2) is 0 Å². The zero-order valence-corrected chi connectivity index (χ0v) is 5.70. The summed E-state index contributed by atoms with van der Waals surface area (Å²) in [6.45, 7) is 3.52. The molecule has 0 rings (SSSR count). The molecule has 0 spiro atoms. The second-order valence-corrected chi connectivity index (χ2v) is 2.51. The van der Waals surface area contributed by atoms with Gasteiger partial charge in [0.1, 0.15) is 5.00 Å². The van der Waals surface area contributed by atoms with E-state index in [2.05, 4.69) is 4.99 Å². The lowest BCUT2D eigenvalue weighted by Gasteiger charge is -2.08. The third-order valence-electron chi connectivity index (χ3n) is 0.924. The average Bonchev–Trinajstić information content (AvgIpc) is 1.67. The number of isocyanates is 1. The van der Waals surface area contributed by atoms with Gasteiger partial charge in [0.25, 0.3) is 0 Å². The van der Waals surface area contributed by atoms with Crippen LogP contribution >= 0.6 is 11.6 Å². The van der Waals surface area contributed by atoms with Crippen molar-refractivity contribution in [3.63, 3.8) is 0 Å². The summed E-state index contributed by atoms with van der Waals surface area (Å²) in [5, 5.41) is 0. The summed E-state index contributed by atoms with van der Waals surface area (Å²) < 4.78 is 0. The Labute approximate surface area is 53.6 Å². The number of carbonyl (C=O) groups excluding carboxylic acids is 1. The van der Waals surface area contributed by atoms with E-state index < -0.39 is 5.00 Å². The summed E-state index contributed by atoms with van der Waals surface area (Å²) in [7, 11) is 0. The lowest BCUT2D eigenvalue weighted by Crippen LogP contribution is -2.09. The molecule has 0 bridgehead atoms. The molecule has 8 heavy (non-hydrogen) atoms. The van der Waals surface area contributed by atoms with E-state index in [1.807, 2.05) is 6.92 Å². The van der Waals surface area contributed by atoms with Crippen LogP contribution in [0.1, 0.15) is 20.3 Å². The first kappa shape index (κ1) is 7.67. The minimum Gasteiger partial charge on any atom is -0.211 e. The molecule has 0 saturated heterocycles. The van der Waals surface area contributed by atoms with Crippen molar-refractivity contribution in [2.75, 3.05) is 0 Å². The minimum atomic E-state index is -0.734. The molecule has 0 N–H and O–H groups in total. The number of rotatable bonds is 2. The van der Waals surface area contributed by atoms with Gasteiger partial charge in [-0.2, -0.15) is 4.99 Å². The monoisotopic (exact) mass is 133 g/mol. The van der Waals surface area contributed by atoms with Crippen LogP contribution in [0.15, 0.2) is 4.99 Å². The van der Waals surface area contributed by atoms with Crippen LogP contribution in [-0.4, -0.2) is 11.1 Å². The smallest absolute Gasteiger partial charge is 0.211 e. The quantitative estimate of drug-likeness (QED) is 0.244. The molecular weight excluding hydrogens is 126 g/mol. The maximum atomic E-state index is 9.60. The summed E-state index contributed by atoms with van der Waals surface area (Å²) in [6.07, 6.45) is 2.04. The lowest BCUT2D eigenvalue weighted by atomic mass is 10.3. The van der Waals surface area contributed by atoms with E-state index in [0.29, 0.717) is 6.42 Å². The first-order chi connectivity index (χ1) is 3.62. The van der Waals surface area contributed by atoms with Crippen LogP contribution < -0.4 is 0 Å².